The van der Waals surface area contributed by atoms with Gasteiger partial charge in [0.25, 0.3) is 0 Å². The third-order valence-corrected chi connectivity index (χ3v) is 4.48. The van der Waals surface area contributed by atoms with Gasteiger partial charge in [-0.2, -0.15) is 0 Å². The Kier molecular flexibility index (Phi) is 5.45. The lowest BCUT2D eigenvalue weighted by Gasteiger charge is -2.42. The lowest BCUT2D eigenvalue weighted by molar-refractivity contribution is 0.113. The van der Waals surface area contributed by atoms with E-state index >= 15 is 0 Å². The van der Waals surface area contributed by atoms with Crippen molar-refractivity contribution >= 4 is 0 Å². The minimum atomic E-state index is 0.629. The minimum absolute atomic E-state index is 0.629. The zero-order valence-electron chi connectivity index (χ0n) is 12.6. The van der Waals surface area contributed by atoms with Crippen LogP contribution < -0.4 is 5.32 Å². The predicted octanol–water partition coefficient (Wildman–Crippen LogP) is 4.43. The highest BCUT2D eigenvalue weighted by atomic mass is 14.9. The fraction of sp³-hybridized carbons (Fsp3) is 0.667. The maximum atomic E-state index is 3.68. The van der Waals surface area contributed by atoms with Crippen molar-refractivity contribution in [1.29, 1.82) is 0 Å². The van der Waals surface area contributed by atoms with Crippen LogP contribution in [0.5, 0.6) is 0 Å². The van der Waals surface area contributed by atoms with E-state index < -0.39 is 0 Å². The quantitative estimate of drug-likeness (QED) is 0.728. The highest BCUT2D eigenvalue weighted by Crippen LogP contribution is 2.44. The zero-order chi connectivity index (χ0) is 13.6. The van der Waals surface area contributed by atoms with Crippen LogP contribution in [-0.4, -0.2) is 13.1 Å². The molecule has 0 saturated heterocycles. The normalized spacial score (nSPS) is 17.4. The zero-order valence-corrected chi connectivity index (χ0v) is 12.6. The smallest absolute Gasteiger partial charge is 0.000792 e. The van der Waals surface area contributed by atoms with Crippen molar-refractivity contribution in [1.82, 2.24) is 5.32 Å². The standard InChI is InChI=1S/C18H29N/c1-16(2)14-19-15-18(12-7-13-18)11-6-10-17-8-4-3-5-9-17/h3-5,8-9,16,19H,6-7,10-15H2,1-2H3. The number of aryl methyl sites for hydroxylation is 1. The molecule has 106 valence electrons. The first-order chi connectivity index (χ1) is 9.20. The molecule has 1 aromatic rings. The molecule has 0 radical (unpaired) electrons. The molecular weight excluding hydrogens is 230 g/mol. The number of nitrogens with one attached hydrogen (secondary N) is 1. The molecule has 0 heterocycles. The van der Waals surface area contributed by atoms with Crippen molar-refractivity contribution in [3.05, 3.63) is 35.9 Å². The second-order valence-corrected chi connectivity index (χ2v) is 6.72. The molecule has 0 amide bonds. The largest absolute Gasteiger partial charge is 0.316 e. The third-order valence-electron chi connectivity index (χ3n) is 4.48. The second kappa shape index (κ2) is 7.09. The summed E-state index contributed by atoms with van der Waals surface area (Å²) in [6.45, 7) is 6.98. The van der Waals surface area contributed by atoms with Crippen molar-refractivity contribution in [2.24, 2.45) is 11.3 Å². The molecule has 1 aliphatic rings. The van der Waals surface area contributed by atoms with Gasteiger partial charge in [0.2, 0.25) is 0 Å². The first-order valence-electron chi connectivity index (χ1n) is 7.95. The molecule has 1 saturated carbocycles. The molecule has 1 aliphatic carbocycles. The van der Waals surface area contributed by atoms with Gasteiger partial charge in [-0.05, 0) is 55.5 Å². The van der Waals surface area contributed by atoms with Crippen LogP contribution in [0.1, 0.15) is 51.5 Å². The summed E-state index contributed by atoms with van der Waals surface area (Å²) in [6.07, 6.45) is 8.29. The van der Waals surface area contributed by atoms with E-state index in [0.29, 0.717) is 5.41 Å². The SMILES string of the molecule is CC(C)CNCC1(CCCc2ccccc2)CCC1. The first-order valence-corrected chi connectivity index (χ1v) is 7.95. The topological polar surface area (TPSA) is 12.0 Å². The summed E-state index contributed by atoms with van der Waals surface area (Å²) >= 11 is 0. The molecule has 1 fully saturated rings. The van der Waals surface area contributed by atoms with Gasteiger partial charge in [0.15, 0.2) is 0 Å². The maximum Gasteiger partial charge on any atom is 0.000792 e. The van der Waals surface area contributed by atoms with E-state index in [0.717, 1.165) is 5.92 Å². The summed E-state index contributed by atoms with van der Waals surface area (Å²) in [4.78, 5) is 0. The van der Waals surface area contributed by atoms with Crippen LogP contribution in [0.15, 0.2) is 30.3 Å². The van der Waals surface area contributed by atoms with E-state index in [2.05, 4.69) is 49.5 Å². The Labute approximate surface area is 118 Å². The Bertz CT molecular complexity index is 351. The summed E-state index contributed by atoms with van der Waals surface area (Å²) in [5, 5.41) is 3.68. The van der Waals surface area contributed by atoms with Gasteiger partial charge in [0.1, 0.15) is 0 Å². The van der Waals surface area contributed by atoms with Gasteiger partial charge < -0.3 is 5.32 Å². The third kappa shape index (κ3) is 4.65. The van der Waals surface area contributed by atoms with Crippen molar-refractivity contribution in [2.45, 2.75) is 52.4 Å². The summed E-state index contributed by atoms with van der Waals surface area (Å²) in [5.74, 6) is 0.765. The first kappa shape index (κ1) is 14.6. The molecule has 1 N–H and O–H groups in total. The molecule has 0 aliphatic heterocycles. The van der Waals surface area contributed by atoms with Crippen molar-refractivity contribution in [2.75, 3.05) is 13.1 Å². The average Bonchev–Trinajstić information content (AvgIpc) is 2.36. The average molecular weight is 259 g/mol. The number of rotatable bonds is 8. The van der Waals surface area contributed by atoms with Gasteiger partial charge in [0, 0.05) is 6.54 Å². The monoisotopic (exact) mass is 259 g/mol. The maximum absolute atomic E-state index is 3.68. The van der Waals surface area contributed by atoms with Crippen LogP contribution in [0.2, 0.25) is 0 Å². The van der Waals surface area contributed by atoms with Crippen LogP contribution in [0, 0.1) is 11.3 Å². The van der Waals surface area contributed by atoms with Gasteiger partial charge >= 0.3 is 0 Å². The second-order valence-electron chi connectivity index (χ2n) is 6.72. The fourth-order valence-corrected chi connectivity index (χ4v) is 3.13. The van der Waals surface area contributed by atoms with Crippen molar-refractivity contribution in [3.63, 3.8) is 0 Å². The van der Waals surface area contributed by atoms with E-state index in [1.165, 1.54) is 57.2 Å². The molecular formula is C18H29N. The fourth-order valence-electron chi connectivity index (χ4n) is 3.13. The molecule has 0 unspecified atom stereocenters. The van der Waals surface area contributed by atoms with Gasteiger partial charge in [-0.25, -0.2) is 0 Å². The van der Waals surface area contributed by atoms with Crippen molar-refractivity contribution < 1.29 is 0 Å². The van der Waals surface area contributed by atoms with Gasteiger partial charge in [-0.1, -0.05) is 50.6 Å². The molecule has 0 spiro atoms. The molecule has 1 nitrogen and oxygen atoms in total. The van der Waals surface area contributed by atoms with Crippen LogP contribution in [-0.2, 0) is 6.42 Å². The highest BCUT2D eigenvalue weighted by Gasteiger charge is 2.35. The summed E-state index contributed by atoms with van der Waals surface area (Å²) in [5.41, 5.74) is 2.12. The van der Waals surface area contributed by atoms with E-state index in [9.17, 15) is 0 Å². The van der Waals surface area contributed by atoms with Crippen molar-refractivity contribution in [3.8, 4) is 0 Å². The van der Waals surface area contributed by atoms with Crippen LogP contribution >= 0.6 is 0 Å². The number of hydrogen-bond donors (Lipinski definition) is 1. The Morgan fingerprint density at radius 3 is 2.47 bits per heavy atom. The van der Waals surface area contributed by atoms with E-state index in [4.69, 9.17) is 0 Å². The van der Waals surface area contributed by atoms with Crippen LogP contribution in [0.25, 0.3) is 0 Å². The van der Waals surface area contributed by atoms with Crippen LogP contribution in [0.4, 0.5) is 0 Å². The van der Waals surface area contributed by atoms with Crippen LogP contribution in [0.3, 0.4) is 0 Å². The van der Waals surface area contributed by atoms with E-state index in [-0.39, 0.29) is 0 Å². The predicted molar refractivity (Wildman–Crippen MR) is 83.4 cm³/mol. The molecule has 2 rings (SSSR count). The molecule has 0 bridgehead atoms. The summed E-state index contributed by atoms with van der Waals surface area (Å²) in [6, 6.07) is 10.9. The Balaban J connectivity index is 1.70. The molecule has 1 aromatic carbocycles. The molecule has 1 heteroatoms. The Morgan fingerprint density at radius 2 is 1.89 bits per heavy atom. The molecule has 0 aromatic heterocycles. The summed E-state index contributed by atoms with van der Waals surface area (Å²) < 4.78 is 0. The van der Waals surface area contributed by atoms with Gasteiger partial charge in [-0.3, -0.25) is 0 Å². The number of hydrogen-bond acceptors (Lipinski definition) is 1. The minimum Gasteiger partial charge on any atom is -0.316 e. The molecule has 19 heavy (non-hydrogen) atoms. The van der Waals surface area contributed by atoms with Gasteiger partial charge in [-0.15, -0.1) is 0 Å². The number of benzene rings is 1. The lowest BCUT2D eigenvalue weighted by atomic mass is 9.65. The Morgan fingerprint density at radius 1 is 1.16 bits per heavy atom. The van der Waals surface area contributed by atoms with E-state index in [1.807, 2.05) is 0 Å². The Hall–Kier alpha value is -0.820. The highest BCUT2D eigenvalue weighted by molar-refractivity contribution is 5.14. The lowest BCUT2D eigenvalue weighted by Crippen LogP contribution is -2.41. The summed E-state index contributed by atoms with van der Waals surface area (Å²) in [7, 11) is 0. The molecule has 0 atom stereocenters. The van der Waals surface area contributed by atoms with Gasteiger partial charge in [0.05, 0.1) is 0 Å². The van der Waals surface area contributed by atoms with E-state index in [1.54, 1.807) is 0 Å².